The minimum Gasteiger partial charge on any atom is -0.497 e. The summed E-state index contributed by atoms with van der Waals surface area (Å²) in [6, 6.07) is 6.63. The lowest BCUT2D eigenvalue weighted by molar-refractivity contribution is 0.403. The van der Waals surface area contributed by atoms with E-state index >= 15 is 0 Å². The molecule has 0 fully saturated rings. The van der Waals surface area contributed by atoms with Crippen molar-refractivity contribution in [2.24, 2.45) is 0 Å². The van der Waals surface area contributed by atoms with Crippen molar-refractivity contribution in [3.63, 3.8) is 0 Å². The molecule has 19 heavy (non-hydrogen) atoms. The van der Waals surface area contributed by atoms with E-state index in [0.717, 1.165) is 5.56 Å². The lowest BCUT2D eigenvalue weighted by atomic mass is 9.78. The van der Waals surface area contributed by atoms with E-state index in [1.165, 1.54) is 17.9 Å². The first-order valence-electron chi connectivity index (χ1n) is 5.66. The van der Waals surface area contributed by atoms with Gasteiger partial charge in [-0.15, -0.1) is 0 Å². The zero-order valence-electron chi connectivity index (χ0n) is 10.4. The minimum absolute atomic E-state index is 0.261. The molecule has 0 unspecified atom stereocenters. The molecule has 0 atom stereocenters. The summed E-state index contributed by atoms with van der Waals surface area (Å²) in [5.74, 6) is 0.386. The lowest BCUT2D eigenvalue weighted by Crippen LogP contribution is -2.32. The van der Waals surface area contributed by atoms with Crippen LogP contribution in [0.15, 0.2) is 41.5 Å². The van der Waals surface area contributed by atoms with Crippen molar-refractivity contribution < 1.29 is 14.8 Å². The highest BCUT2D eigenvalue weighted by molar-refractivity contribution is 6.59. The smallest absolute Gasteiger partial charge is 0.492 e. The molecule has 1 heterocycles. The third kappa shape index (κ3) is 3.01. The fourth-order valence-corrected chi connectivity index (χ4v) is 1.79. The molecule has 0 aliphatic rings. The van der Waals surface area contributed by atoms with Gasteiger partial charge in [0.2, 0.25) is 0 Å². The van der Waals surface area contributed by atoms with Gasteiger partial charge in [0.05, 0.1) is 13.7 Å². The van der Waals surface area contributed by atoms with Gasteiger partial charge in [-0.1, -0.05) is 12.1 Å². The third-order valence-corrected chi connectivity index (χ3v) is 2.71. The van der Waals surface area contributed by atoms with E-state index in [0.29, 0.717) is 12.3 Å². The van der Waals surface area contributed by atoms with Gasteiger partial charge in [0.15, 0.2) is 0 Å². The fraction of sp³-hybridized carbons (Fsp3) is 0.167. The van der Waals surface area contributed by atoms with Crippen LogP contribution in [0.1, 0.15) is 5.56 Å². The monoisotopic (exact) mass is 260 g/mol. The van der Waals surface area contributed by atoms with Crippen LogP contribution < -0.4 is 15.9 Å². The predicted molar refractivity (Wildman–Crippen MR) is 70.4 cm³/mol. The second-order valence-electron chi connectivity index (χ2n) is 3.98. The van der Waals surface area contributed by atoms with Crippen molar-refractivity contribution >= 4 is 12.6 Å². The molecule has 7 heteroatoms. The second-order valence-corrected chi connectivity index (χ2v) is 3.98. The summed E-state index contributed by atoms with van der Waals surface area (Å²) in [7, 11) is -0.174. The Bertz CT molecular complexity index is 627. The maximum atomic E-state index is 11.5. The van der Waals surface area contributed by atoms with Gasteiger partial charge in [0.1, 0.15) is 5.75 Å². The number of benzene rings is 1. The maximum absolute atomic E-state index is 11.5. The van der Waals surface area contributed by atoms with Gasteiger partial charge in [-0.3, -0.25) is 4.57 Å². The molecule has 0 aliphatic carbocycles. The Labute approximate surface area is 110 Å². The fourth-order valence-electron chi connectivity index (χ4n) is 1.79. The molecule has 0 saturated heterocycles. The quantitative estimate of drug-likeness (QED) is 0.687. The molecular weight excluding hydrogens is 247 g/mol. The van der Waals surface area contributed by atoms with Crippen molar-refractivity contribution in [3.05, 3.63) is 52.7 Å². The highest BCUT2D eigenvalue weighted by Crippen LogP contribution is 2.10. The number of hydrogen-bond donors (Lipinski definition) is 2. The molecule has 2 rings (SSSR count). The summed E-state index contributed by atoms with van der Waals surface area (Å²) < 4.78 is 6.46. The molecule has 0 bridgehead atoms. The van der Waals surface area contributed by atoms with Crippen molar-refractivity contribution in [1.82, 2.24) is 9.55 Å². The highest BCUT2D eigenvalue weighted by atomic mass is 16.5. The van der Waals surface area contributed by atoms with E-state index in [9.17, 15) is 14.8 Å². The number of hydrogen-bond acceptors (Lipinski definition) is 5. The molecule has 2 aromatic rings. The van der Waals surface area contributed by atoms with Crippen molar-refractivity contribution in [2.45, 2.75) is 6.54 Å². The molecule has 2 N–H and O–H groups in total. The topological polar surface area (TPSA) is 84.6 Å². The average molecular weight is 260 g/mol. The van der Waals surface area contributed by atoms with E-state index in [2.05, 4.69) is 4.98 Å². The molecule has 0 aliphatic heterocycles. The van der Waals surface area contributed by atoms with E-state index in [-0.39, 0.29) is 11.2 Å². The van der Waals surface area contributed by atoms with E-state index < -0.39 is 7.12 Å². The normalized spacial score (nSPS) is 10.3. The van der Waals surface area contributed by atoms with Gasteiger partial charge >= 0.3 is 12.8 Å². The zero-order valence-corrected chi connectivity index (χ0v) is 10.4. The Morgan fingerprint density at radius 1 is 1.42 bits per heavy atom. The first-order valence-corrected chi connectivity index (χ1v) is 5.66. The molecule has 0 saturated carbocycles. The lowest BCUT2D eigenvalue weighted by Gasteiger charge is -2.11. The van der Waals surface area contributed by atoms with Gasteiger partial charge < -0.3 is 14.8 Å². The summed E-state index contributed by atoms with van der Waals surface area (Å²) in [4.78, 5) is 15.1. The van der Waals surface area contributed by atoms with Gasteiger partial charge in [-0.05, 0) is 17.7 Å². The number of aromatic nitrogens is 2. The predicted octanol–water partition coefficient (Wildman–Crippen LogP) is -1.02. The van der Waals surface area contributed by atoms with Crippen LogP contribution in [0, 0.1) is 0 Å². The van der Waals surface area contributed by atoms with Crippen LogP contribution in [-0.4, -0.2) is 33.8 Å². The standard InChI is InChI=1S/C12H13BN2O4/c1-19-11-4-3-9(7-10(11)13(17)18)8-15-6-2-5-14-12(15)16/h2-7,17-18H,8H2,1H3. The summed E-state index contributed by atoms with van der Waals surface area (Å²) in [5, 5.41) is 18.6. The first kappa shape index (κ1) is 13.3. The van der Waals surface area contributed by atoms with Crippen molar-refractivity contribution in [1.29, 1.82) is 0 Å². The van der Waals surface area contributed by atoms with E-state index in [4.69, 9.17) is 4.74 Å². The van der Waals surface area contributed by atoms with Crippen LogP contribution >= 0.6 is 0 Å². The van der Waals surface area contributed by atoms with Crippen LogP contribution in [0.2, 0.25) is 0 Å². The molecule has 6 nitrogen and oxygen atoms in total. The van der Waals surface area contributed by atoms with Gasteiger partial charge in [-0.25, -0.2) is 9.78 Å². The largest absolute Gasteiger partial charge is 0.497 e. The summed E-state index contributed by atoms with van der Waals surface area (Å²) in [5.41, 5.74) is 0.653. The van der Waals surface area contributed by atoms with Crippen LogP contribution in [0.25, 0.3) is 0 Å². The first-order chi connectivity index (χ1) is 9.11. The van der Waals surface area contributed by atoms with E-state index in [1.54, 1.807) is 30.5 Å². The Kier molecular flexibility index (Phi) is 3.98. The van der Waals surface area contributed by atoms with Gasteiger partial charge in [0.25, 0.3) is 0 Å². The third-order valence-electron chi connectivity index (χ3n) is 2.71. The summed E-state index contributed by atoms with van der Waals surface area (Å²) >= 11 is 0. The van der Waals surface area contributed by atoms with Gasteiger partial charge in [-0.2, -0.15) is 0 Å². The average Bonchev–Trinajstić information content (AvgIpc) is 2.41. The van der Waals surface area contributed by atoms with Crippen molar-refractivity contribution in [2.75, 3.05) is 7.11 Å². The molecule has 0 spiro atoms. The molecule has 1 aromatic carbocycles. The summed E-state index contributed by atoms with van der Waals surface area (Å²) in [6.07, 6.45) is 3.05. The molecular formula is C12H13BN2O4. The van der Waals surface area contributed by atoms with Crippen LogP contribution in [-0.2, 0) is 6.54 Å². The van der Waals surface area contributed by atoms with Crippen molar-refractivity contribution in [3.8, 4) is 5.75 Å². The number of ether oxygens (including phenoxy) is 1. The minimum atomic E-state index is -1.62. The molecule has 0 radical (unpaired) electrons. The molecule has 1 aromatic heterocycles. The maximum Gasteiger partial charge on any atom is 0.492 e. The highest BCUT2D eigenvalue weighted by Gasteiger charge is 2.17. The van der Waals surface area contributed by atoms with Gasteiger partial charge in [0, 0.05) is 17.9 Å². The Morgan fingerprint density at radius 2 is 2.21 bits per heavy atom. The SMILES string of the molecule is COc1ccc(Cn2cccnc2=O)cc1B(O)O. The Balaban J connectivity index is 2.34. The molecule has 0 amide bonds. The number of rotatable bonds is 4. The number of methoxy groups -OCH3 is 1. The Hall–Kier alpha value is -2.12. The van der Waals surface area contributed by atoms with Crippen LogP contribution in [0.5, 0.6) is 5.75 Å². The second kappa shape index (κ2) is 5.68. The van der Waals surface area contributed by atoms with E-state index in [1.807, 2.05) is 0 Å². The number of nitrogens with zero attached hydrogens (tertiary/aromatic N) is 2. The summed E-state index contributed by atoms with van der Waals surface area (Å²) in [6.45, 7) is 0.302. The Morgan fingerprint density at radius 3 is 2.84 bits per heavy atom. The van der Waals surface area contributed by atoms with Crippen LogP contribution in [0.4, 0.5) is 0 Å². The zero-order chi connectivity index (χ0) is 13.8. The van der Waals surface area contributed by atoms with Crippen LogP contribution in [0.3, 0.4) is 0 Å². The molecule has 98 valence electrons.